The molecule has 0 saturated carbocycles. The van der Waals surface area contributed by atoms with Crippen molar-refractivity contribution in [3.63, 3.8) is 0 Å². The number of pyridine rings is 1. The topological polar surface area (TPSA) is 55.1 Å². The van der Waals surface area contributed by atoms with Gasteiger partial charge in [-0.2, -0.15) is 9.61 Å². The summed E-state index contributed by atoms with van der Waals surface area (Å²) in [5.41, 5.74) is 3.94. The first-order chi connectivity index (χ1) is 11.4. The molecule has 3 heterocycles. The molecule has 1 aromatic carbocycles. The van der Waals surface area contributed by atoms with Crippen molar-refractivity contribution < 1.29 is 0 Å². The average Bonchev–Trinajstić information content (AvgIpc) is 3.10. The Balaban J connectivity index is 1.71. The van der Waals surface area contributed by atoms with Crippen molar-refractivity contribution in [2.45, 2.75) is 6.54 Å². The molecule has 5 heteroatoms. The monoisotopic (exact) mass is 301 g/mol. The summed E-state index contributed by atoms with van der Waals surface area (Å²) < 4.78 is 1.81. The normalized spacial score (nSPS) is 10.8. The summed E-state index contributed by atoms with van der Waals surface area (Å²) >= 11 is 0. The summed E-state index contributed by atoms with van der Waals surface area (Å²) in [5, 5.41) is 7.76. The van der Waals surface area contributed by atoms with Crippen molar-refractivity contribution in [1.82, 2.24) is 19.6 Å². The number of hydrogen-bond acceptors (Lipinski definition) is 4. The second-order valence-corrected chi connectivity index (χ2v) is 5.21. The Hall–Kier alpha value is -3.21. The lowest BCUT2D eigenvalue weighted by Gasteiger charge is -2.10. The van der Waals surface area contributed by atoms with Crippen LogP contribution in [0.15, 0.2) is 73.2 Å². The minimum atomic E-state index is 0.682. The SMILES string of the molecule is c1ccc(-c2cc(NCc3cccnc3)n3nccc3n2)cc1. The number of rotatable bonds is 4. The van der Waals surface area contributed by atoms with Crippen LogP contribution in [0.4, 0.5) is 5.82 Å². The standard InChI is InChI=1S/C18H15N5/c1-2-6-15(7-3-1)16-11-18(23-17(22-16)8-10-21-23)20-13-14-5-4-9-19-12-14/h1-12,20H,13H2. The van der Waals surface area contributed by atoms with Gasteiger partial charge in [0.15, 0.2) is 5.65 Å². The van der Waals surface area contributed by atoms with Crippen molar-refractivity contribution >= 4 is 11.5 Å². The first-order valence-corrected chi connectivity index (χ1v) is 7.43. The van der Waals surface area contributed by atoms with Crippen LogP contribution in [0.2, 0.25) is 0 Å². The maximum Gasteiger partial charge on any atom is 0.157 e. The Bertz CT molecular complexity index is 916. The molecule has 4 rings (SSSR count). The number of fused-ring (bicyclic) bond motifs is 1. The molecule has 0 unspecified atom stereocenters. The molecule has 0 amide bonds. The number of nitrogens with zero attached hydrogens (tertiary/aromatic N) is 4. The number of anilines is 1. The van der Waals surface area contributed by atoms with Crippen LogP contribution in [-0.4, -0.2) is 19.6 Å². The predicted molar refractivity (Wildman–Crippen MR) is 90.0 cm³/mol. The fourth-order valence-corrected chi connectivity index (χ4v) is 2.49. The van der Waals surface area contributed by atoms with Crippen molar-refractivity contribution in [1.29, 1.82) is 0 Å². The van der Waals surface area contributed by atoms with Crippen LogP contribution in [-0.2, 0) is 6.54 Å². The Morgan fingerprint density at radius 2 is 1.87 bits per heavy atom. The minimum Gasteiger partial charge on any atom is -0.366 e. The first-order valence-electron chi connectivity index (χ1n) is 7.43. The van der Waals surface area contributed by atoms with Crippen LogP contribution in [0.3, 0.4) is 0 Å². The van der Waals surface area contributed by atoms with Crippen LogP contribution in [0.1, 0.15) is 5.56 Å². The second kappa shape index (κ2) is 5.88. The molecule has 0 spiro atoms. The van der Waals surface area contributed by atoms with Crippen molar-refractivity contribution in [3.05, 3.63) is 78.8 Å². The van der Waals surface area contributed by atoms with Gasteiger partial charge in [0.25, 0.3) is 0 Å². The molecule has 0 bridgehead atoms. The van der Waals surface area contributed by atoms with Crippen LogP contribution >= 0.6 is 0 Å². The highest BCUT2D eigenvalue weighted by Crippen LogP contribution is 2.22. The van der Waals surface area contributed by atoms with Gasteiger partial charge in [-0.05, 0) is 11.6 Å². The molecule has 5 nitrogen and oxygen atoms in total. The lowest BCUT2D eigenvalue weighted by molar-refractivity contribution is 0.925. The smallest absolute Gasteiger partial charge is 0.157 e. The molecular weight excluding hydrogens is 286 g/mol. The van der Waals surface area contributed by atoms with E-state index in [0.717, 1.165) is 28.3 Å². The van der Waals surface area contributed by atoms with Crippen molar-refractivity contribution in [2.75, 3.05) is 5.32 Å². The van der Waals surface area contributed by atoms with E-state index in [1.54, 1.807) is 12.4 Å². The van der Waals surface area contributed by atoms with Gasteiger partial charge in [-0.25, -0.2) is 4.98 Å². The van der Waals surface area contributed by atoms with Gasteiger partial charge in [-0.3, -0.25) is 4.98 Å². The number of nitrogens with one attached hydrogen (secondary N) is 1. The van der Waals surface area contributed by atoms with Crippen LogP contribution in [0.5, 0.6) is 0 Å². The average molecular weight is 301 g/mol. The van der Waals surface area contributed by atoms with E-state index >= 15 is 0 Å². The zero-order chi connectivity index (χ0) is 15.5. The van der Waals surface area contributed by atoms with Gasteiger partial charge in [0.1, 0.15) is 5.82 Å². The Labute approximate surface area is 133 Å². The minimum absolute atomic E-state index is 0.682. The van der Waals surface area contributed by atoms with Gasteiger partial charge in [-0.15, -0.1) is 0 Å². The Morgan fingerprint density at radius 1 is 0.957 bits per heavy atom. The van der Waals surface area contributed by atoms with E-state index in [0.29, 0.717) is 6.54 Å². The van der Waals surface area contributed by atoms with Gasteiger partial charge >= 0.3 is 0 Å². The molecule has 0 atom stereocenters. The highest BCUT2D eigenvalue weighted by molar-refractivity contribution is 5.66. The Kier molecular flexibility index (Phi) is 3.44. The van der Waals surface area contributed by atoms with Crippen LogP contribution < -0.4 is 5.32 Å². The molecule has 112 valence electrons. The fraction of sp³-hybridized carbons (Fsp3) is 0.0556. The fourth-order valence-electron chi connectivity index (χ4n) is 2.49. The summed E-state index contributed by atoms with van der Waals surface area (Å²) in [6, 6.07) is 18.0. The summed E-state index contributed by atoms with van der Waals surface area (Å²) in [7, 11) is 0. The second-order valence-electron chi connectivity index (χ2n) is 5.21. The summed E-state index contributed by atoms with van der Waals surface area (Å²) in [6.45, 7) is 0.682. The van der Waals surface area contributed by atoms with Gasteiger partial charge in [0.05, 0.1) is 11.9 Å². The number of aromatic nitrogens is 4. The van der Waals surface area contributed by atoms with E-state index in [4.69, 9.17) is 0 Å². The molecule has 1 N–H and O–H groups in total. The van der Waals surface area contributed by atoms with Gasteiger partial charge < -0.3 is 5.32 Å². The van der Waals surface area contributed by atoms with Crippen molar-refractivity contribution in [2.24, 2.45) is 0 Å². The quantitative estimate of drug-likeness (QED) is 0.627. The molecule has 0 saturated heterocycles. The zero-order valence-corrected chi connectivity index (χ0v) is 12.4. The molecule has 0 aliphatic carbocycles. The van der Waals surface area contributed by atoms with E-state index in [1.165, 1.54) is 0 Å². The molecule has 0 aliphatic heterocycles. The highest BCUT2D eigenvalue weighted by atomic mass is 15.3. The third-order valence-electron chi connectivity index (χ3n) is 3.63. The maximum absolute atomic E-state index is 4.67. The third kappa shape index (κ3) is 2.76. The summed E-state index contributed by atoms with van der Waals surface area (Å²) in [4.78, 5) is 8.81. The first kappa shape index (κ1) is 13.5. The number of benzene rings is 1. The van der Waals surface area contributed by atoms with E-state index in [2.05, 4.69) is 32.5 Å². The maximum atomic E-state index is 4.67. The molecule has 0 aliphatic rings. The van der Waals surface area contributed by atoms with E-state index < -0.39 is 0 Å². The summed E-state index contributed by atoms with van der Waals surface area (Å²) in [6.07, 6.45) is 5.38. The predicted octanol–water partition coefficient (Wildman–Crippen LogP) is 3.40. The zero-order valence-electron chi connectivity index (χ0n) is 12.4. The molecule has 0 radical (unpaired) electrons. The van der Waals surface area contributed by atoms with Crippen LogP contribution in [0.25, 0.3) is 16.9 Å². The highest BCUT2D eigenvalue weighted by Gasteiger charge is 2.08. The third-order valence-corrected chi connectivity index (χ3v) is 3.63. The Morgan fingerprint density at radius 3 is 2.70 bits per heavy atom. The van der Waals surface area contributed by atoms with Gasteiger partial charge in [0.2, 0.25) is 0 Å². The lowest BCUT2D eigenvalue weighted by Crippen LogP contribution is -2.06. The van der Waals surface area contributed by atoms with Crippen molar-refractivity contribution in [3.8, 4) is 11.3 Å². The number of hydrogen-bond donors (Lipinski definition) is 1. The molecule has 0 fully saturated rings. The van der Waals surface area contributed by atoms with E-state index in [-0.39, 0.29) is 0 Å². The van der Waals surface area contributed by atoms with E-state index in [9.17, 15) is 0 Å². The van der Waals surface area contributed by atoms with Gasteiger partial charge in [0, 0.05) is 36.6 Å². The lowest BCUT2D eigenvalue weighted by atomic mass is 10.1. The molecular formula is C18H15N5. The molecule has 23 heavy (non-hydrogen) atoms. The van der Waals surface area contributed by atoms with E-state index in [1.807, 2.05) is 53.2 Å². The van der Waals surface area contributed by atoms with Crippen LogP contribution in [0, 0.1) is 0 Å². The molecule has 3 aromatic heterocycles. The largest absolute Gasteiger partial charge is 0.366 e. The van der Waals surface area contributed by atoms with Gasteiger partial charge in [-0.1, -0.05) is 36.4 Å². The summed E-state index contributed by atoms with van der Waals surface area (Å²) in [5.74, 6) is 0.905. The molecule has 4 aromatic rings.